The first-order valence-electron chi connectivity index (χ1n) is 8.42. The third-order valence-corrected chi connectivity index (χ3v) is 4.45. The minimum Gasteiger partial charge on any atom is -1.00 e. The highest BCUT2D eigenvalue weighted by molar-refractivity contribution is 5.25. The Balaban J connectivity index is 0.00000576. The van der Waals surface area contributed by atoms with E-state index in [1.54, 1.807) is 0 Å². The SMILES string of the molecule is C[N+](C)(CCO)CC(O)c1ccc(C(O)C[N+](C)(C)CCO)cc1.[Br-]. The van der Waals surface area contributed by atoms with Gasteiger partial charge < -0.3 is 46.4 Å². The minimum atomic E-state index is -0.612. The summed E-state index contributed by atoms with van der Waals surface area (Å²) in [6.45, 7) is 2.39. The van der Waals surface area contributed by atoms with Gasteiger partial charge in [-0.25, -0.2) is 0 Å². The smallest absolute Gasteiger partial charge is 0.128 e. The van der Waals surface area contributed by atoms with Crippen molar-refractivity contribution in [2.75, 3.05) is 67.6 Å². The maximum atomic E-state index is 10.4. The number of likely N-dealkylation sites (N-methyl/N-ethyl adjacent to an activating group) is 2. The quantitative estimate of drug-likeness (QED) is 0.301. The van der Waals surface area contributed by atoms with Gasteiger partial charge >= 0.3 is 0 Å². The molecule has 0 aliphatic heterocycles. The molecule has 0 amide bonds. The third kappa shape index (κ3) is 8.59. The van der Waals surface area contributed by atoms with Crippen molar-refractivity contribution in [1.82, 2.24) is 0 Å². The van der Waals surface area contributed by atoms with E-state index in [0.29, 0.717) is 35.1 Å². The molecule has 0 fully saturated rings. The van der Waals surface area contributed by atoms with Crippen molar-refractivity contribution in [3.63, 3.8) is 0 Å². The van der Waals surface area contributed by atoms with Gasteiger partial charge in [-0.15, -0.1) is 0 Å². The van der Waals surface area contributed by atoms with Crippen molar-refractivity contribution >= 4 is 0 Å². The first kappa shape index (κ1) is 24.5. The summed E-state index contributed by atoms with van der Waals surface area (Å²) in [6, 6.07) is 7.37. The number of halogens is 1. The van der Waals surface area contributed by atoms with E-state index in [2.05, 4.69) is 0 Å². The lowest BCUT2D eigenvalue weighted by Crippen LogP contribution is -3.00. The van der Waals surface area contributed by atoms with Gasteiger partial charge in [0.2, 0.25) is 0 Å². The highest BCUT2D eigenvalue weighted by Crippen LogP contribution is 2.21. The molecule has 0 aliphatic carbocycles. The van der Waals surface area contributed by atoms with Crippen LogP contribution in [0.3, 0.4) is 0 Å². The van der Waals surface area contributed by atoms with Crippen LogP contribution in [0.4, 0.5) is 0 Å². The van der Waals surface area contributed by atoms with Crippen molar-refractivity contribution in [2.45, 2.75) is 12.2 Å². The third-order valence-electron chi connectivity index (χ3n) is 4.45. The van der Waals surface area contributed by atoms with Crippen LogP contribution < -0.4 is 17.0 Å². The van der Waals surface area contributed by atoms with E-state index in [9.17, 15) is 10.2 Å². The summed E-state index contributed by atoms with van der Waals surface area (Å²) < 4.78 is 1.07. The lowest BCUT2D eigenvalue weighted by molar-refractivity contribution is -0.894. The van der Waals surface area contributed by atoms with Gasteiger partial charge in [0, 0.05) is 0 Å². The van der Waals surface area contributed by atoms with Crippen molar-refractivity contribution < 1.29 is 46.4 Å². The Kier molecular flexibility index (Phi) is 10.3. The fourth-order valence-corrected chi connectivity index (χ4v) is 2.81. The normalized spacial score (nSPS) is 14.7. The molecule has 0 aromatic heterocycles. The molecule has 0 radical (unpaired) electrons. The molecule has 2 unspecified atom stereocenters. The zero-order valence-electron chi connectivity index (χ0n) is 15.8. The largest absolute Gasteiger partial charge is 1.00 e. The molecule has 0 saturated carbocycles. The number of nitrogens with zero attached hydrogens (tertiary/aromatic N) is 2. The monoisotopic (exact) mass is 421 g/mol. The average molecular weight is 422 g/mol. The summed E-state index contributed by atoms with van der Waals surface area (Å²) >= 11 is 0. The predicted molar refractivity (Wildman–Crippen MR) is 94.2 cm³/mol. The van der Waals surface area contributed by atoms with E-state index in [4.69, 9.17) is 10.2 Å². The molecule has 1 aromatic carbocycles. The number of benzene rings is 1. The second-order valence-corrected chi connectivity index (χ2v) is 7.83. The van der Waals surface area contributed by atoms with Crippen LogP contribution in [0.5, 0.6) is 0 Å². The Morgan fingerprint density at radius 3 is 1.24 bits per heavy atom. The standard InChI is InChI=1S/C18H34N2O4.BrH/c1-19(2,9-11-21)13-17(23)15-5-7-16(8-6-15)18(24)14-20(3,4)10-12-22;/h5-8,17-18,21-24H,9-14H2,1-4H3;1H/q+2;/p-1. The van der Waals surface area contributed by atoms with Crippen molar-refractivity contribution in [3.05, 3.63) is 35.4 Å². The van der Waals surface area contributed by atoms with E-state index in [-0.39, 0.29) is 30.2 Å². The summed E-state index contributed by atoms with van der Waals surface area (Å²) in [5, 5.41) is 38.9. The van der Waals surface area contributed by atoms with E-state index < -0.39 is 12.2 Å². The van der Waals surface area contributed by atoms with Gasteiger partial charge in [0.25, 0.3) is 0 Å². The van der Waals surface area contributed by atoms with Gasteiger partial charge in [-0.1, -0.05) is 24.3 Å². The first-order chi connectivity index (χ1) is 11.1. The van der Waals surface area contributed by atoms with Crippen LogP contribution in [-0.2, 0) is 0 Å². The molecule has 1 rings (SSSR count). The zero-order valence-corrected chi connectivity index (χ0v) is 17.4. The fourth-order valence-electron chi connectivity index (χ4n) is 2.81. The Bertz CT molecular complexity index is 449. The van der Waals surface area contributed by atoms with Gasteiger partial charge in [-0.05, 0) is 11.1 Å². The molecule has 2 atom stereocenters. The van der Waals surface area contributed by atoms with Crippen LogP contribution in [0.1, 0.15) is 23.3 Å². The summed E-state index contributed by atoms with van der Waals surface area (Å²) in [6.07, 6.45) is -1.22. The molecule has 4 N–H and O–H groups in total. The Morgan fingerprint density at radius 2 is 1.00 bits per heavy atom. The highest BCUT2D eigenvalue weighted by Gasteiger charge is 2.23. The Labute approximate surface area is 161 Å². The summed E-state index contributed by atoms with van der Waals surface area (Å²) in [5.74, 6) is 0. The fraction of sp³-hybridized carbons (Fsp3) is 0.667. The van der Waals surface area contributed by atoms with Crippen LogP contribution in [0.15, 0.2) is 24.3 Å². The van der Waals surface area contributed by atoms with Crippen LogP contribution in [0.25, 0.3) is 0 Å². The number of hydrogen-bond acceptors (Lipinski definition) is 4. The summed E-state index contributed by atoms with van der Waals surface area (Å²) in [4.78, 5) is 0. The van der Waals surface area contributed by atoms with Crippen molar-refractivity contribution in [2.24, 2.45) is 0 Å². The van der Waals surface area contributed by atoms with Gasteiger partial charge in [0.1, 0.15) is 38.4 Å². The molecule has 0 heterocycles. The predicted octanol–water partition coefficient (Wildman–Crippen LogP) is -3.11. The molecule has 146 valence electrons. The Hall–Kier alpha value is -0.540. The highest BCUT2D eigenvalue weighted by atomic mass is 79.9. The zero-order chi connectivity index (χ0) is 18.4. The van der Waals surface area contributed by atoms with Gasteiger partial charge in [-0.3, -0.25) is 0 Å². The first-order valence-corrected chi connectivity index (χ1v) is 8.42. The molecule has 0 saturated heterocycles. The maximum Gasteiger partial charge on any atom is 0.128 e. The lowest BCUT2D eigenvalue weighted by Gasteiger charge is -2.32. The number of quaternary nitrogens is 2. The minimum absolute atomic E-state index is 0. The summed E-state index contributed by atoms with van der Waals surface area (Å²) in [5.41, 5.74) is 1.61. The second kappa shape index (κ2) is 10.6. The van der Waals surface area contributed by atoms with Gasteiger partial charge in [0.15, 0.2) is 0 Å². The van der Waals surface area contributed by atoms with E-state index in [1.165, 1.54) is 0 Å². The topological polar surface area (TPSA) is 80.9 Å². The summed E-state index contributed by atoms with van der Waals surface area (Å²) in [7, 11) is 7.88. The van der Waals surface area contributed by atoms with E-state index >= 15 is 0 Å². The molecule has 0 bridgehead atoms. The van der Waals surface area contributed by atoms with Crippen LogP contribution in [0.2, 0.25) is 0 Å². The van der Waals surface area contributed by atoms with Crippen molar-refractivity contribution in [1.29, 1.82) is 0 Å². The number of rotatable bonds is 10. The second-order valence-electron chi connectivity index (χ2n) is 7.83. The molecular weight excluding hydrogens is 388 g/mol. The molecule has 6 nitrogen and oxygen atoms in total. The lowest BCUT2D eigenvalue weighted by atomic mass is 10.0. The molecular formula is C18H34BrN2O4+. The number of aliphatic hydroxyl groups is 4. The van der Waals surface area contributed by atoms with Crippen LogP contribution in [-0.4, -0.2) is 97.0 Å². The molecule has 0 spiro atoms. The molecule has 25 heavy (non-hydrogen) atoms. The van der Waals surface area contributed by atoms with Crippen LogP contribution in [0, 0.1) is 0 Å². The molecule has 0 aliphatic rings. The van der Waals surface area contributed by atoms with Gasteiger partial charge in [0.05, 0.1) is 41.4 Å². The van der Waals surface area contributed by atoms with E-state index in [0.717, 1.165) is 11.1 Å². The maximum absolute atomic E-state index is 10.4. The molecule has 7 heteroatoms. The number of hydrogen-bond donors (Lipinski definition) is 4. The van der Waals surface area contributed by atoms with Crippen LogP contribution >= 0.6 is 0 Å². The number of aliphatic hydroxyl groups excluding tert-OH is 4. The van der Waals surface area contributed by atoms with E-state index in [1.807, 2.05) is 52.5 Å². The van der Waals surface area contributed by atoms with Crippen molar-refractivity contribution in [3.8, 4) is 0 Å². The Morgan fingerprint density at radius 1 is 0.720 bits per heavy atom. The average Bonchev–Trinajstić information content (AvgIpc) is 2.46. The molecule has 1 aromatic rings. The van der Waals surface area contributed by atoms with Gasteiger partial charge in [-0.2, -0.15) is 0 Å².